The molecule has 0 saturated heterocycles. The number of halogens is 1. The number of aryl methyl sites for hydroxylation is 1. The Hall–Kier alpha value is -2.60. The van der Waals surface area contributed by atoms with Crippen molar-refractivity contribution in [3.63, 3.8) is 0 Å². The molecule has 0 radical (unpaired) electrons. The van der Waals surface area contributed by atoms with Gasteiger partial charge in [-0.15, -0.1) is 0 Å². The molecule has 1 aliphatic rings. The highest BCUT2D eigenvalue weighted by Crippen LogP contribution is 2.19. The molecule has 0 saturated carbocycles. The standard InChI is InChI=1S/C15H14ClN5O/c1-11-9-14(18-15(22)20-8-2-7-17-10-20)21(19-11)13-5-3-12(16)4-6-13/h2-9H,10H2,1H3,(H,18,22). The minimum atomic E-state index is -0.261. The van der Waals surface area contributed by atoms with Gasteiger partial charge in [0.25, 0.3) is 0 Å². The molecule has 1 aromatic carbocycles. The van der Waals surface area contributed by atoms with Crippen LogP contribution < -0.4 is 5.32 Å². The number of nitrogens with zero attached hydrogens (tertiary/aromatic N) is 4. The Bertz CT molecular complexity index is 748. The van der Waals surface area contributed by atoms with Gasteiger partial charge in [0.15, 0.2) is 0 Å². The SMILES string of the molecule is Cc1cc(NC(=O)N2C=CC=NC2)n(-c2ccc(Cl)cc2)n1. The number of amides is 2. The van der Waals surface area contributed by atoms with Gasteiger partial charge in [-0.05, 0) is 37.3 Å². The third-order valence-corrected chi connectivity index (χ3v) is 3.34. The lowest BCUT2D eigenvalue weighted by Gasteiger charge is -2.18. The maximum Gasteiger partial charge on any atom is 0.328 e. The fourth-order valence-electron chi connectivity index (χ4n) is 2.07. The number of anilines is 1. The average molecular weight is 316 g/mol. The van der Waals surface area contributed by atoms with Crippen molar-refractivity contribution in [1.29, 1.82) is 0 Å². The predicted octanol–water partition coefficient (Wildman–Crippen LogP) is 3.22. The van der Waals surface area contributed by atoms with Gasteiger partial charge in [0.05, 0.1) is 11.4 Å². The summed E-state index contributed by atoms with van der Waals surface area (Å²) in [4.78, 5) is 17.8. The van der Waals surface area contributed by atoms with Crippen LogP contribution in [-0.2, 0) is 0 Å². The molecule has 22 heavy (non-hydrogen) atoms. The summed E-state index contributed by atoms with van der Waals surface area (Å²) in [5, 5.41) is 7.89. The molecule has 0 spiro atoms. The highest BCUT2D eigenvalue weighted by Gasteiger charge is 2.15. The van der Waals surface area contributed by atoms with Crippen molar-refractivity contribution in [3.05, 3.63) is 53.3 Å². The van der Waals surface area contributed by atoms with Crippen LogP contribution in [0.1, 0.15) is 5.69 Å². The Kier molecular flexibility index (Phi) is 3.93. The predicted molar refractivity (Wildman–Crippen MR) is 86.7 cm³/mol. The molecule has 0 unspecified atom stereocenters. The Morgan fingerprint density at radius 1 is 1.32 bits per heavy atom. The van der Waals surface area contributed by atoms with Gasteiger partial charge in [0.2, 0.25) is 0 Å². The summed E-state index contributed by atoms with van der Waals surface area (Å²) in [6.07, 6.45) is 5.05. The molecule has 3 rings (SSSR count). The largest absolute Gasteiger partial charge is 0.328 e. The molecular formula is C15H14ClN5O. The van der Waals surface area contributed by atoms with E-state index in [1.54, 1.807) is 35.3 Å². The van der Waals surface area contributed by atoms with Gasteiger partial charge in [-0.25, -0.2) is 9.48 Å². The first-order valence-corrected chi connectivity index (χ1v) is 7.08. The number of hydrogen-bond donors (Lipinski definition) is 1. The van der Waals surface area contributed by atoms with Crippen LogP contribution in [0.3, 0.4) is 0 Å². The number of urea groups is 1. The number of allylic oxidation sites excluding steroid dienone is 1. The molecule has 0 fully saturated rings. The highest BCUT2D eigenvalue weighted by atomic mass is 35.5. The number of carbonyl (C=O) groups excluding carboxylic acids is 1. The van der Waals surface area contributed by atoms with Crippen molar-refractivity contribution < 1.29 is 4.79 Å². The minimum Gasteiger partial charge on any atom is -0.292 e. The number of nitrogens with one attached hydrogen (secondary N) is 1. The van der Waals surface area contributed by atoms with Gasteiger partial charge in [-0.3, -0.25) is 15.2 Å². The first kappa shape index (κ1) is 14.3. The van der Waals surface area contributed by atoms with Gasteiger partial charge in [-0.2, -0.15) is 5.10 Å². The highest BCUT2D eigenvalue weighted by molar-refractivity contribution is 6.30. The number of carbonyl (C=O) groups is 1. The van der Waals surface area contributed by atoms with E-state index < -0.39 is 0 Å². The van der Waals surface area contributed by atoms with Crippen molar-refractivity contribution in [2.75, 3.05) is 12.0 Å². The zero-order valence-corrected chi connectivity index (χ0v) is 12.7. The van der Waals surface area contributed by atoms with Crippen LogP contribution in [0.4, 0.5) is 10.6 Å². The summed E-state index contributed by atoms with van der Waals surface area (Å²) in [5.74, 6) is 0.591. The molecule has 0 aliphatic carbocycles. The maximum absolute atomic E-state index is 12.2. The monoisotopic (exact) mass is 315 g/mol. The van der Waals surface area contributed by atoms with Crippen molar-refractivity contribution >= 4 is 29.7 Å². The zero-order chi connectivity index (χ0) is 15.5. The van der Waals surface area contributed by atoms with Gasteiger partial charge >= 0.3 is 6.03 Å². The first-order valence-electron chi connectivity index (χ1n) is 6.70. The summed E-state index contributed by atoms with van der Waals surface area (Å²) >= 11 is 5.90. The second-order valence-corrected chi connectivity index (χ2v) is 5.21. The number of aliphatic imine (C=N–C) groups is 1. The van der Waals surface area contributed by atoms with Crippen LogP contribution in [0.25, 0.3) is 5.69 Å². The third-order valence-electron chi connectivity index (χ3n) is 3.09. The van der Waals surface area contributed by atoms with E-state index in [1.807, 2.05) is 25.1 Å². The first-order chi connectivity index (χ1) is 10.6. The fraction of sp³-hybridized carbons (Fsp3) is 0.133. The summed E-state index contributed by atoms with van der Waals surface area (Å²) in [7, 11) is 0. The molecule has 7 heteroatoms. The van der Waals surface area contributed by atoms with E-state index in [1.165, 1.54) is 4.90 Å². The van der Waals surface area contributed by atoms with Gasteiger partial charge < -0.3 is 0 Å². The van der Waals surface area contributed by atoms with Crippen LogP contribution in [-0.4, -0.2) is 33.6 Å². The third kappa shape index (κ3) is 3.01. The summed E-state index contributed by atoms with van der Waals surface area (Å²) in [6.45, 7) is 2.17. The van der Waals surface area contributed by atoms with Crippen LogP contribution >= 0.6 is 11.6 Å². The summed E-state index contributed by atoms with van der Waals surface area (Å²) in [6, 6.07) is 8.79. The van der Waals surface area contributed by atoms with Crippen molar-refractivity contribution in [3.8, 4) is 5.69 Å². The lowest BCUT2D eigenvalue weighted by atomic mass is 10.3. The quantitative estimate of drug-likeness (QED) is 0.924. The second kappa shape index (κ2) is 6.03. The zero-order valence-electron chi connectivity index (χ0n) is 11.9. The normalized spacial score (nSPS) is 13.5. The molecule has 1 aliphatic heterocycles. The molecular weight excluding hydrogens is 302 g/mol. The Morgan fingerprint density at radius 3 is 2.77 bits per heavy atom. The van der Waals surface area contributed by atoms with E-state index in [4.69, 9.17) is 11.6 Å². The number of rotatable bonds is 2. The van der Waals surface area contributed by atoms with Crippen LogP contribution in [0.5, 0.6) is 0 Å². The van der Waals surface area contributed by atoms with Crippen molar-refractivity contribution in [2.45, 2.75) is 6.92 Å². The van der Waals surface area contributed by atoms with Gasteiger partial charge in [0, 0.05) is 23.5 Å². The lowest BCUT2D eigenvalue weighted by molar-refractivity contribution is 0.229. The van der Waals surface area contributed by atoms with Gasteiger partial charge in [-0.1, -0.05) is 11.6 Å². The number of benzene rings is 1. The number of aromatic nitrogens is 2. The Labute approximate surface area is 132 Å². The van der Waals surface area contributed by atoms with Gasteiger partial charge in [0.1, 0.15) is 12.5 Å². The van der Waals surface area contributed by atoms with E-state index in [2.05, 4.69) is 15.4 Å². The van der Waals surface area contributed by atoms with Crippen LogP contribution in [0, 0.1) is 6.92 Å². The van der Waals surface area contributed by atoms with Crippen molar-refractivity contribution in [2.24, 2.45) is 4.99 Å². The summed E-state index contributed by atoms with van der Waals surface area (Å²) in [5.41, 5.74) is 1.62. The average Bonchev–Trinajstić information content (AvgIpc) is 2.89. The topological polar surface area (TPSA) is 62.5 Å². The smallest absolute Gasteiger partial charge is 0.292 e. The molecule has 0 bridgehead atoms. The Morgan fingerprint density at radius 2 is 2.09 bits per heavy atom. The molecule has 1 N–H and O–H groups in total. The van der Waals surface area contributed by atoms with E-state index in [0.29, 0.717) is 17.5 Å². The minimum absolute atomic E-state index is 0.261. The molecule has 112 valence electrons. The van der Waals surface area contributed by atoms with E-state index in [-0.39, 0.29) is 6.03 Å². The molecule has 2 aromatic rings. The van der Waals surface area contributed by atoms with Crippen molar-refractivity contribution in [1.82, 2.24) is 14.7 Å². The molecule has 0 atom stereocenters. The van der Waals surface area contributed by atoms with Crippen LogP contribution in [0.15, 0.2) is 47.6 Å². The Balaban J connectivity index is 1.85. The van der Waals surface area contributed by atoms with E-state index in [0.717, 1.165) is 11.4 Å². The molecule has 1 aromatic heterocycles. The number of hydrogen-bond acceptors (Lipinski definition) is 3. The molecule has 2 heterocycles. The molecule has 2 amide bonds. The summed E-state index contributed by atoms with van der Waals surface area (Å²) < 4.78 is 1.67. The maximum atomic E-state index is 12.2. The van der Waals surface area contributed by atoms with E-state index >= 15 is 0 Å². The molecule has 6 nitrogen and oxygen atoms in total. The van der Waals surface area contributed by atoms with Crippen LogP contribution in [0.2, 0.25) is 5.02 Å². The van der Waals surface area contributed by atoms with E-state index in [9.17, 15) is 4.79 Å². The second-order valence-electron chi connectivity index (χ2n) is 4.77. The fourth-order valence-corrected chi connectivity index (χ4v) is 2.19. The lowest BCUT2D eigenvalue weighted by Crippen LogP contribution is -2.32.